The zero-order valence-corrected chi connectivity index (χ0v) is 9.47. The molecule has 1 aliphatic rings. The van der Waals surface area contributed by atoms with Crippen molar-refractivity contribution in [3.8, 4) is 0 Å². The Morgan fingerprint density at radius 2 is 2.29 bits per heavy atom. The predicted octanol–water partition coefficient (Wildman–Crippen LogP) is 1.42. The maximum absolute atomic E-state index is 11.5. The van der Waals surface area contributed by atoms with Gasteiger partial charge in [-0.1, -0.05) is 20.3 Å². The lowest BCUT2D eigenvalue weighted by molar-refractivity contribution is -0.122. The van der Waals surface area contributed by atoms with Gasteiger partial charge < -0.3 is 11.1 Å². The Labute approximate surface area is 86.4 Å². The molecule has 0 radical (unpaired) electrons. The summed E-state index contributed by atoms with van der Waals surface area (Å²) in [7, 11) is 0. The Morgan fingerprint density at radius 3 is 2.71 bits per heavy atom. The molecule has 82 valence electrons. The number of nitrogens with two attached hydrogens (primary N) is 1. The molecule has 1 amide bonds. The van der Waals surface area contributed by atoms with E-state index in [9.17, 15) is 4.79 Å². The summed E-state index contributed by atoms with van der Waals surface area (Å²) >= 11 is 0. The lowest BCUT2D eigenvalue weighted by Gasteiger charge is -2.28. The summed E-state index contributed by atoms with van der Waals surface area (Å²) in [6.07, 6.45) is 3.97. The molecule has 0 aliphatic heterocycles. The van der Waals surface area contributed by atoms with Crippen LogP contribution in [0.5, 0.6) is 0 Å². The van der Waals surface area contributed by atoms with Gasteiger partial charge in [0.1, 0.15) is 0 Å². The van der Waals surface area contributed by atoms with E-state index in [0.717, 1.165) is 6.42 Å². The van der Waals surface area contributed by atoms with Gasteiger partial charge in [0.2, 0.25) is 5.91 Å². The number of hydrogen-bond acceptors (Lipinski definition) is 2. The molecule has 3 heteroatoms. The predicted molar refractivity (Wildman–Crippen MR) is 57.8 cm³/mol. The van der Waals surface area contributed by atoms with Gasteiger partial charge in [0.05, 0.1) is 0 Å². The van der Waals surface area contributed by atoms with Crippen molar-refractivity contribution in [1.29, 1.82) is 0 Å². The number of carbonyl (C=O) groups excluding carboxylic acids is 1. The van der Waals surface area contributed by atoms with Crippen molar-refractivity contribution < 1.29 is 4.79 Å². The topological polar surface area (TPSA) is 55.1 Å². The van der Waals surface area contributed by atoms with Crippen LogP contribution in [-0.4, -0.2) is 18.0 Å². The van der Waals surface area contributed by atoms with E-state index in [4.69, 9.17) is 5.73 Å². The van der Waals surface area contributed by atoms with E-state index in [1.54, 1.807) is 0 Å². The fourth-order valence-electron chi connectivity index (χ4n) is 2.14. The van der Waals surface area contributed by atoms with Crippen molar-refractivity contribution in [2.24, 2.45) is 11.1 Å². The summed E-state index contributed by atoms with van der Waals surface area (Å²) in [5.41, 5.74) is 5.83. The second-order valence-electron chi connectivity index (χ2n) is 5.18. The van der Waals surface area contributed by atoms with Crippen molar-refractivity contribution in [3.05, 3.63) is 0 Å². The van der Waals surface area contributed by atoms with Crippen molar-refractivity contribution in [2.75, 3.05) is 0 Å². The summed E-state index contributed by atoms with van der Waals surface area (Å²) in [5, 5.41) is 3.08. The number of rotatable bonds is 3. The van der Waals surface area contributed by atoms with Crippen molar-refractivity contribution in [3.63, 3.8) is 0 Å². The summed E-state index contributed by atoms with van der Waals surface area (Å²) in [6, 6.07) is 0.299. The van der Waals surface area contributed by atoms with Gasteiger partial charge in [-0.25, -0.2) is 0 Å². The number of hydrogen-bond donors (Lipinski definition) is 2. The highest BCUT2D eigenvalue weighted by atomic mass is 16.1. The molecule has 0 aromatic carbocycles. The van der Waals surface area contributed by atoms with Crippen LogP contribution in [-0.2, 0) is 4.79 Å². The Bertz CT molecular complexity index is 211. The molecule has 0 aromatic rings. The van der Waals surface area contributed by atoms with Crippen LogP contribution in [0.25, 0.3) is 0 Å². The van der Waals surface area contributed by atoms with Crippen LogP contribution >= 0.6 is 0 Å². The maximum Gasteiger partial charge on any atom is 0.221 e. The van der Waals surface area contributed by atoms with E-state index in [0.29, 0.717) is 12.5 Å². The van der Waals surface area contributed by atoms with Crippen LogP contribution < -0.4 is 11.1 Å². The summed E-state index contributed by atoms with van der Waals surface area (Å²) in [5.74, 6) is 0.0972. The molecule has 0 aromatic heterocycles. The van der Waals surface area contributed by atoms with Crippen molar-refractivity contribution >= 4 is 5.91 Å². The lowest BCUT2D eigenvalue weighted by Crippen LogP contribution is -2.43. The first kappa shape index (κ1) is 11.5. The second kappa shape index (κ2) is 4.30. The largest absolute Gasteiger partial charge is 0.353 e. The highest BCUT2D eigenvalue weighted by Crippen LogP contribution is 2.37. The van der Waals surface area contributed by atoms with Gasteiger partial charge in [-0.3, -0.25) is 4.79 Å². The molecule has 1 saturated carbocycles. The molecular formula is C11H22N2O. The third-order valence-electron chi connectivity index (χ3n) is 3.10. The zero-order valence-electron chi connectivity index (χ0n) is 9.47. The van der Waals surface area contributed by atoms with Gasteiger partial charge in [0, 0.05) is 18.5 Å². The molecule has 1 rings (SSSR count). The minimum Gasteiger partial charge on any atom is -0.353 e. The fourth-order valence-corrected chi connectivity index (χ4v) is 2.14. The smallest absolute Gasteiger partial charge is 0.221 e. The Morgan fingerprint density at radius 1 is 1.64 bits per heavy atom. The Kier molecular flexibility index (Phi) is 3.53. The van der Waals surface area contributed by atoms with E-state index in [1.165, 1.54) is 12.8 Å². The van der Waals surface area contributed by atoms with Gasteiger partial charge >= 0.3 is 0 Å². The number of amides is 1. The average molecular weight is 198 g/mol. The van der Waals surface area contributed by atoms with Crippen molar-refractivity contribution in [2.45, 2.75) is 58.5 Å². The van der Waals surface area contributed by atoms with Crippen LogP contribution in [0.15, 0.2) is 0 Å². The standard InChI is InChI=1S/C11H22N2O/c1-8(12)7-10(14)13-9-5-4-6-11(9,2)3/h8-9H,4-7,12H2,1-3H3,(H,13,14). The van der Waals surface area contributed by atoms with Crippen LogP contribution in [0.4, 0.5) is 0 Å². The maximum atomic E-state index is 11.5. The highest BCUT2D eigenvalue weighted by Gasteiger charge is 2.35. The van der Waals surface area contributed by atoms with Crippen LogP contribution in [0.3, 0.4) is 0 Å². The minimum atomic E-state index is -0.0421. The molecule has 1 aliphatic carbocycles. The average Bonchev–Trinajstić information content (AvgIpc) is 2.29. The SMILES string of the molecule is CC(N)CC(=O)NC1CCCC1(C)C. The first-order valence-electron chi connectivity index (χ1n) is 5.47. The molecule has 14 heavy (non-hydrogen) atoms. The van der Waals surface area contributed by atoms with E-state index in [2.05, 4.69) is 19.2 Å². The molecule has 3 nitrogen and oxygen atoms in total. The third kappa shape index (κ3) is 2.98. The van der Waals surface area contributed by atoms with Gasteiger partial charge in [-0.2, -0.15) is 0 Å². The van der Waals surface area contributed by atoms with Gasteiger partial charge in [0.15, 0.2) is 0 Å². The third-order valence-corrected chi connectivity index (χ3v) is 3.10. The summed E-state index contributed by atoms with van der Waals surface area (Å²) < 4.78 is 0. The molecule has 0 heterocycles. The van der Waals surface area contributed by atoms with Crippen molar-refractivity contribution in [1.82, 2.24) is 5.32 Å². The van der Waals surface area contributed by atoms with Crippen LogP contribution in [0, 0.1) is 5.41 Å². The van der Waals surface area contributed by atoms with E-state index >= 15 is 0 Å². The van der Waals surface area contributed by atoms with E-state index in [-0.39, 0.29) is 17.4 Å². The normalized spacial score (nSPS) is 27.3. The number of nitrogens with one attached hydrogen (secondary N) is 1. The lowest BCUT2D eigenvalue weighted by atomic mass is 9.87. The molecule has 2 atom stereocenters. The molecule has 1 fully saturated rings. The van der Waals surface area contributed by atoms with E-state index in [1.807, 2.05) is 6.92 Å². The van der Waals surface area contributed by atoms with E-state index < -0.39 is 0 Å². The molecule has 0 spiro atoms. The molecule has 2 unspecified atom stereocenters. The van der Waals surface area contributed by atoms with Crippen LogP contribution in [0.2, 0.25) is 0 Å². The molecular weight excluding hydrogens is 176 g/mol. The number of carbonyl (C=O) groups is 1. The molecule has 0 saturated heterocycles. The fraction of sp³-hybridized carbons (Fsp3) is 0.909. The molecule has 3 N–H and O–H groups in total. The van der Waals surface area contributed by atoms with Gasteiger partial charge in [-0.15, -0.1) is 0 Å². The monoisotopic (exact) mass is 198 g/mol. The first-order valence-corrected chi connectivity index (χ1v) is 5.47. The minimum absolute atomic E-state index is 0.0421. The second-order valence-corrected chi connectivity index (χ2v) is 5.18. The van der Waals surface area contributed by atoms with Crippen LogP contribution in [0.1, 0.15) is 46.5 Å². The Balaban J connectivity index is 2.40. The zero-order chi connectivity index (χ0) is 10.8. The summed E-state index contributed by atoms with van der Waals surface area (Å²) in [4.78, 5) is 11.5. The highest BCUT2D eigenvalue weighted by molar-refractivity contribution is 5.76. The van der Waals surface area contributed by atoms with Gasteiger partial charge in [-0.05, 0) is 25.2 Å². The molecule has 0 bridgehead atoms. The Hall–Kier alpha value is -0.570. The summed E-state index contributed by atoms with van der Waals surface area (Å²) in [6.45, 7) is 6.30. The first-order chi connectivity index (χ1) is 6.42. The quantitative estimate of drug-likeness (QED) is 0.720. The van der Waals surface area contributed by atoms with Gasteiger partial charge in [0.25, 0.3) is 0 Å².